The molecule has 0 aromatic heterocycles. The highest BCUT2D eigenvalue weighted by atomic mass is 16.6. The normalized spacial score (nSPS) is 19.7. The summed E-state index contributed by atoms with van der Waals surface area (Å²) in [4.78, 5) is 32.2. The molecule has 1 amide bonds. The van der Waals surface area contributed by atoms with Crippen molar-refractivity contribution in [2.75, 3.05) is 5.32 Å². The number of carbonyl (C=O) groups excluding carboxylic acids is 1. The number of rotatable bonds is 4. The molecule has 0 aliphatic carbocycles. The van der Waals surface area contributed by atoms with Crippen LogP contribution in [0.15, 0.2) is 36.0 Å². The van der Waals surface area contributed by atoms with E-state index in [0.29, 0.717) is 11.3 Å². The van der Waals surface area contributed by atoms with E-state index in [1.165, 1.54) is 30.5 Å². The Bertz CT molecular complexity index is 594. The topological polar surface area (TPSA) is 122 Å². The molecule has 1 aliphatic rings. The molecule has 0 unspecified atom stereocenters. The lowest BCUT2D eigenvalue weighted by Crippen LogP contribution is -2.32. The standard InChI is InChI=1S/C12H11N3O5/c16-11-7(5-10(14-11)12(17)18)6-13-8-1-3-9(4-2-8)15(19)20/h1-4,6,10,13H,5H2,(H,14,16)(H,17,18)/b7-6+/t10-/m0/s1. The Hall–Kier alpha value is -2.90. The number of carboxylic acids is 1. The van der Waals surface area contributed by atoms with Crippen molar-refractivity contribution >= 4 is 23.3 Å². The molecule has 1 saturated heterocycles. The molecule has 104 valence electrons. The second-order valence-corrected chi connectivity index (χ2v) is 4.19. The van der Waals surface area contributed by atoms with Crippen LogP contribution < -0.4 is 10.6 Å². The van der Waals surface area contributed by atoms with Gasteiger partial charge in [0.1, 0.15) is 6.04 Å². The van der Waals surface area contributed by atoms with Gasteiger partial charge in [0.2, 0.25) is 5.91 Å². The lowest BCUT2D eigenvalue weighted by molar-refractivity contribution is -0.384. The fourth-order valence-electron chi connectivity index (χ4n) is 1.74. The van der Waals surface area contributed by atoms with Crippen molar-refractivity contribution in [3.8, 4) is 0 Å². The minimum Gasteiger partial charge on any atom is -0.480 e. The molecular formula is C12H11N3O5. The van der Waals surface area contributed by atoms with Crippen molar-refractivity contribution in [1.29, 1.82) is 0 Å². The molecule has 3 N–H and O–H groups in total. The predicted molar refractivity (Wildman–Crippen MR) is 69.0 cm³/mol. The second-order valence-electron chi connectivity index (χ2n) is 4.19. The number of non-ortho nitro benzene ring substituents is 1. The fourth-order valence-corrected chi connectivity index (χ4v) is 1.74. The van der Waals surface area contributed by atoms with Crippen LogP contribution in [0.2, 0.25) is 0 Å². The number of benzene rings is 1. The fraction of sp³-hybridized carbons (Fsp3) is 0.167. The van der Waals surface area contributed by atoms with Crippen LogP contribution in [0.5, 0.6) is 0 Å². The van der Waals surface area contributed by atoms with E-state index in [-0.39, 0.29) is 12.1 Å². The van der Waals surface area contributed by atoms with E-state index in [4.69, 9.17) is 5.11 Å². The van der Waals surface area contributed by atoms with Gasteiger partial charge in [-0.3, -0.25) is 14.9 Å². The molecule has 8 heteroatoms. The summed E-state index contributed by atoms with van der Waals surface area (Å²) < 4.78 is 0. The molecule has 1 fully saturated rings. The summed E-state index contributed by atoms with van der Waals surface area (Å²) in [5, 5.41) is 24.4. The van der Waals surface area contributed by atoms with Gasteiger partial charge < -0.3 is 15.7 Å². The Labute approximate surface area is 113 Å². The number of nitro groups is 1. The molecule has 1 atom stereocenters. The number of nitrogens with one attached hydrogen (secondary N) is 2. The molecule has 0 spiro atoms. The van der Waals surface area contributed by atoms with Gasteiger partial charge in [-0.1, -0.05) is 0 Å². The maximum absolute atomic E-state index is 11.5. The molecule has 20 heavy (non-hydrogen) atoms. The van der Waals surface area contributed by atoms with Gasteiger partial charge in [0.25, 0.3) is 5.69 Å². The van der Waals surface area contributed by atoms with Crippen LogP contribution in [0, 0.1) is 10.1 Å². The largest absolute Gasteiger partial charge is 0.480 e. The Morgan fingerprint density at radius 2 is 2.10 bits per heavy atom. The maximum atomic E-state index is 11.5. The van der Waals surface area contributed by atoms with E-state index >= 15 is 0 Å². The SMILES string of the molecule is O=C1N[C@H](C(=O)O)C/C1=C\Nc1ccc([N+](=O)[O-])cc1. The molecule has 2 rings (SSSR count). The average Bonchev–Trinajstić information content (AvgIpc) is 2.78. The molecular weight excluding hydrogens is 266 g/mol. The van der Waals surface area contributed by atoms with Crippen molar-refractivity contribution in [3.63, 3.8) is 0 Å². The van der Waals surface area contributed by atoms with Gasteiger partial charge >= 0.3 is 5.97 Å². The van der Waals surface area contributed by atoms with E-state index in [0.717, 1.165) is 0 Å². The Kier molecular flexibility index (Phi) is 3.65. The highest BCUT2D eigenvalue weighted by Gasteiger charge is 2.31. The number of hydrogen-bond acceptors (Lipinski definition) is 5. The molecule has 1 aliphatic heterocycles. The Balaban J connectivity index is 2.04. The molecule has 8 nitrogen and oxygen atoms in total. The first kappa shape index (κ1) is 13.5. The number of nitro benzene ring substituents is 1. The van der Waals surface area contributed by atoms with Crippen LogP contribution in [-0.2, 0) is 9.59 Å². The highest BCUT2D eigenvalue weighted by Crippen LogP contribution is 2.18. The minimum absolute atomic E-state index is 0.0345. The van der Waals surface area contributed by atoms with Gasteiger partial charge in [-0.05, 0) is 12.1 Å². The quantitative estimate of drug-likeness (QED) is 0.426. The molecule has 0 bridgehead atoms. The van der Waals surface area contributed by atoms with Crippen molar-refractivity contribution in [3.05, 3.63) is 46.2 Å². The Morgan fingerprint density at radius 1 is 1.45 bits per heavy atom. The van der Waals surface area contributed by atoms with Crippen LogP contribution in [0.25, 0.3) is 0 Å². The van der Waals surface area contributed by atoms with Crippen molar-refractivity contribution in [2.45, 2.75) is 12.5 Å². The molecule has 0 saturated carbocycles. The lowest BCUT2D eigenvalue weighted by atomic mass is 10.1. The first-order chi connectivity index (χ1) is 9.47. The van der Waals surface area contributed by atoms with E-state index < -0.39 is 22.8 Å². The van der Waals surface area contributed by atoms with Gasteiger partial charge in [-0.15, -0.1) is 0 Å². The zero-order valence-corrected chi connectivity index (χ0v) is 10.2. The highest BCUT2D eigenvalue weighted by molar-refractivity contribution is 6.00. The summed E-state index contributed by atoms with van der Waals surface area (Å²) in [5.41, 5.74) is 0.846. The maximum Gasteiger partial charge on any atom is 0.326 e. The first-order valence-electron chi connectivity index (χ1n) is 5.71. The zero-order chi connectivity index (χ0) is 14.7. The average molecular weight is 277 g/mol. The van der Waals surface area contributed by atoms with Crippen molar-refractivity contribution in [2.24, 2.45) is 0 Å². The number of aliphatic carboxylic acids is 1. The third-order valence-corrected chi connectivity index (χ3v) is 2.81. The van der Waals surface area contributed by atoms with Crippen molar-refractivity contribution in [1.82, 2.24) is 5.32 Å². The number of nitrogens with zero attached hydrogens (tertiary/aromatic N) is 1. The summed E-state index contributed by atoms with van der Waals surface area (Å²) in [6.07, 6.45) is 1.49. The summed E-state index contributed by atoms with van der Waals surface area (Å²) in [6.45, 7) is 0. The lowest BCUT2D eigenvalue weighted by Gasteiger charge is -2.01. The summed E-state index contributed by atoms with van der Waals surface area (Å²) in [6, 6.07) is 4.74. The molecule has 0 radical (unpaired) electrons. The summed E-state index contributed by atoms with van der Waals surface area (Å²) in [7, 11) is 0. The zero-order valence-electron chi connectivity index (χ0n) is 10.2. The van der Waals surface area contributed by atoms with Crippen LogP contribution in [-0.4, -0.2) is 27.9 Å². The van der Waals surface area contributed by atoms with Gasteiger partial charge in [0.05, 0.1) is 4.92 Å². The van der Waals surface area contributed by atoms with E-state index in [1.807, 2.05) is 0 Å². The van der Waals surface area contributed by atoms with Gasteiger partial charge in [-0.25, -0.2) is 4.79 Å². The first-order valence-corrected chi connectivity index (χ1v) is 5.71. The Morgan fingerprint density at radius 3 is 2.60 bits per heavy atom. The van der Waals surface area contributed by atoms with E-state index in [2.05, 4.69) is 10.6 Å². The van der Waals surface area contributed by atoms with Crippen LogP contribution >= 0.6 is 0 Å². The monoisotopic (exact) mass is 277 g/mol. The number of anilines is 1. The number of carboxylic acid groups (broad SMARTS) is 1. The molecule has 1 heterocycles. The van der Waals surface area contributed by atoms with E-state index in [9.17, 15) is 19.7 Å². The van der Waals surface area contributed by atoms with Crippen LogP contribution in [0.1, 0.15) is 6.42 Å². The van der Waals surface area contributed by atoms with Crippen molar-refractivity contribution < 1.29 is 19.6 Å². The summed E-state index contributed by atoms with van der Waals surface area (Å²) in [5.74, 6) is -1.52. The van der Waals surface area contributed by atoms with Crippen LogP contribution in [0.4, 0.5) is 11.4 Å². The van der Waals surface area contributed by atoms with Gasteiger partial charge in [0, 0.05) is 36.0 Å². The smallest absolute Gasteiger partial charge is 0.326 e. The van der Waals surface area contributed by atoms with Crippen LogP contribution in [0.3, 0.4) is 0 Å². The van der Waals surface area contributed by atoms with Gasteiger partial charge in [0.15, 0.2) is 0 Å². The number of hydrogen-bond donors (Lipinski definition) is 3. The molecule has 1 aromatic rings. The molecule has 1 aromatic carbocycles. The minimum atomic E-state index is -1.09. The third-order valence-electron chi connectivity index (χ3n) is 2.81. The third kappa shape index (κ3) is 2.91. The second kappa shape index (κ2) is 5.39. The number of amides is 1. The van der Waals surface area contributed by atoms with E-state index in [1.54, 1.807) is 0 Å². The number of carbonyl (C=O) groups is 2. The van der Waals surface area contributed by atoms with Gasteiger partial charge in [-0.2, -0.15) is 0 Å². The predicted octanol–water partition coefficient (Wildman–Crippen LogP) is 0.864. The summed E-state index contributed by atoms with van der Waals surface area (Å²) >= 11 is 0.